The maximum absolute atomic E-state index is 4.75. The minimum Gasteiger partial charge on any atom is -0.353 e. The van der Waals surface area contributed by atoms with Gasteiger partial charge in [-0.3, -0.25) is 0 Å². The van der Waals surface area contributed by atoms with Crippen LogP contribution in [-0.2, 0) is 13.0 Å². The molecule has 1 aromatic rings. The standard InChI is InChI=1S/C16H27N3/c1-5-9-19(10-6-2)16-12-14(13-17-8-4)11-15(7-3)18-16/h5,11-12,17H,1,6-10,13H2,2-4H3. The average molecular weight is 261 g/mol. The lowest BCUT2D eigenvalue weighted by Gasteiger charge is -2.23. The van der Waals surface area contributed by atoms with Crippen LogP contribution in [0.3, 0.4) is 0 Å². The van der Waals surface area contributed by atoms with Crippen molar-refractivity contribution in [3.63, 3.8) is 0 Å². The van der Waals surface area contributed by atoms with Crippen LogP contribution in [0.2, 0.25) is 0 Å². The molecule has 19 heavy (non-hydrogen) atoms. The fourth-order valence-electron chi connectivity index (χ4n) is 2.07. The zero-order valence-corrected chi connectivity index (χ0v) is 12.6. The molecule has 0 unspecified atom stereocenters. The van der Waals surface area contributed by atoms with Gasteiger partial charge in [0.25, 0.3) is 0 Å². The van der Waals surface area contributed by atoms with Crippen molar-refractivity contribution in [1.82, 2.24) is 10.3 Å². The molecule has 3 heteroatoms. The molecule has 1 heterocycles. The number of hydrogen-bond acceptors (Lipinski definition) is 3. The molecule has 0 aliphatic rings. The summed E-state index contributed by atoms with van der Waals surface area (Å²) in [7, 11) is 0. The Morgan fingerprint density at radius 2 is 2.11 bits per heavy atom. The largest absolute Gasteiger partial charge is 0.353 e. The molecule has 0 radical (unpaired) electrons. The van der Waals surface area contributed by atoms with E-state index in [1.807, 2.05) is 6.08 Å². The summed E-state index contributed by atoms with van der Waals surface area (Å²) in [6.45, 7) is 14.1. The number of pyridine rings is 1. The second-order valence-corrected chi connectivity index (χ2v) is 4.69. The van der Waals surface area contributed by atoms with Crippen molar-refractivity contribution in [2.45, 2.75) is 40.2 Å². The first-order chi connectivity index (χ1) is 9.24. The Labute approximate surface area is 117 Å². The van der Waals surface area contributed by atoms with E-state index in [0.717, 1.165) is 50.5 Å². The van der Waals surface area contributed by atoms with Crippen molar-refractivity contribution in [1.29, 1.82) is 0 Å². The Morgan fingerprint density at radius 3 is 2.68 bits per heavy atom. The normalized spacial score (nSPS) is 10.5. The lowest BCUT2D eigenvalue weighted by molar-refractivity contribution is 0.721. The van der Waals surface area contributed by atoms with Gasteiger partial charge in [0.05, 0.1) is 0 Å². The Bertz CT molecular complexity index is 388. The van der Waals surface area contributed by atoms with Crippen molar-refractivity contribution in [2.75, 3.05) is 24.5 Å². The number of aromatic nitrogens is 1. The highest BCUT2D eigenvalue weighted by atomic mass is 15.2. The van der Waals surface area contributed by atoms with E-state index in [9.17, 15) is 0 Å². The van der Waals surface area contributed by atoms with Crippen LogP contribution < -0.4 is 10.2 Å². The SMILES string of the molecule is C=CCN(CCC)c1cc(CNCC)cc(CC)n1. The fraction of sp³-hybridized carbons (Fsp3) is 0.562. The molecule has 0 fully saturated rings. The molecule has 3 nitrogen and oxygen atoms in total. The molecule has 0 spiro atoms. The van der Waals surface area contributed by atoms with Gasteiger partial charge in [-0.1, -0.05) is 26.8 Å². The van der Waals surface area contributed by atoms with Gasteiger partial charge in [0.15, 0.2) is 0 Å². The minimum absolute atomic E-state index is 0.856. The minimum atomic E-state index is 0.856. The van der Waals surface area contributed by atoms with E-state index in [1.54, 1.807) is 0 Å². The summed E-state index contributed by atoms with van der Waals surface area (Å²) in [6.07, 6.45) is 4.04. The lowest BCUT2D eigenvalue weighted by Crippen LogP contribution is -2.25. The van der Waals surface area contributed by atoms with Crippen molar-refractivity contribution in [3.8, 4) is 0 Å². The second-order valence-electron chi connectivity index (χ2n) is 4.69. The van der Waals surface area contributed by atoms with Gasteiger partial charge in [0, 0.05) is 25.3 Å². The van der Waals surface area contributed by atoms with E-state index < -0.39 is 0 Å². The predicted octanol–water partition coefficient (Wildman–Crippen LogP) is 3.16. The van der Waals surface area contributed by atoms with E-state index in [2.05, 4.69) is 49.7 Å². The molecule has 1 rings (SSSR count). The van der Waals surface area contributed by atoms with E-state index in [0.29, 0.717) is 0 Å². The summed E-state index contributed by atoms with van der Waals surface area (Å²) < 4.78 is 0. The zero-order chi connectivity index (χ0) is 14.1. The molecule has 1 aromatic heterocycles. The number of anilines is 1. The van der Waals surface area contributed by atoms with E-state index in [1.165, 1.54) is 5.56 Å². The summed E-state index contributed by atoms with van der Waals surface area (Å²) in [5, 5.41) is 3.38. The summed E-state index contributed by atoms with van der Waals surface area (Å²) in [5.74, 6) is 1.08. The van der Waals surface area contributed by atoms with Gasteiger partial charge in [-0.25, -0.2) is 4.98 Å². The molecular formula is C16H27N3. The van der Waals surface area contributed by atoms with Crippen LogP contribution in [0.4, 0.5) is 5.82 Å². The van der Waals surface area contributed by atoms with Crippen molar-refractivity contribution >= 4 is 5.82 Å². The number of aryl methyl sites for hydroxylation is 1. The molecule has 0 aliphatic carbocycles. The first-order valence-corrected chi connectivity index (χ1v) is 7.31. The van der Waals surface area contributed by atoms with Gasteiger partial charge in [0.2, 0.25) is 0 Å². The Kier molecular flexibility index (Phi) is 7.19. The van der Waals surface area contributed by atoms with Gasteiger partial charge in [-0.05, 0) is 37.1 Å². The van der Waals surface area contributed by atoms with Gasteiger partial charge in [0.1, 0.15) is 5.82 Å². The van der Waals surface area contributed by atoms with Gasteiger partial charge < -0.3 is 10.2 Å². The Morgan fingerprint density at radius 1 is 1.32 bits per heavy atom. The monoisotopic (exact) mass is 261 g/mol. The zero-order valence-electron chi connectivity index (χ0n) is 12.6. The first-order valence-electron chi connectivity index (χ1n) is 7.31. The van der Waals surface area contributed by atoms with E-state index >= 15 is 0 Å². The molecule has 1 N–H and O–H groups in total. The summed E-state index contributed by atoms with van der Waals surface area (Å²) >= 11 is 0. The van der Waals surface area contributed by atoms with Crippen LogP contribution in [0, 0.1) is 0 Å². The average Bonchev–Trinajstić information content (AvgIpc) is 2.44. The van der Waals surface area contributed by atoms with Crippen LogP contribution in [0.25, 0.3) is 0 Å². The number of nitrogens with zero attached hydrogens (tertiary/aromatic N) is 2. The van der Waals surface area contributed by atoms with Crippen molar-refractivity contribution < 1.29 is 0 Å². The third-order valence-corrected chi connectivity index (χ3v) is 3.03. The summed E-state index contributed by atoms with van der Waals surface area (Å²) in [5.41, 5.74) is 2.48. The van der Waals surface area contributed by atoms with Crippen LogP contribution in [0.5, 0.6) is 0 Å². The predicted molar refractivity (Wildman–Crippen MR) is 83.7 cm³/mol. The summed E-state index contributed by atoms with van der Waals surface area (Å²) in [4.78, 5) is 7.04. The van der Waals surface area contributed by atoms with Crippen molar-refractivity contribution in [2.24, 2.45) is 0 Å². The first kappa shape index (κ1) is 15.7. The topological polar surface area (TPSA) is 28.2 Å². The van der Waals surface area contributed by atoms with Gasteiger partial charge in [-0.2, -0.15) is 0 Å². The number of nitrogens with one attached hydrogen (secondary N) is 1. The quantitative estimate of drug-likeness (QED) is 0.692. The Hall–Kier alpha value is -1.35. The van der Waals surface area contributed by atoms with Crippen LogP contribution in [0.15, 0.2) is 24.8 Å². The van der Waals surface area contributed by atoms with Crippen LogP contribution in [-0.4, -0.2) is 24.6 Å². The smallest absolute Gasteiger partial charge is 0.129 e. The molecular weight excluding hydrogens is 234 g/mol. The van der Waals surface area contributed by atoms with Gasteiger partial charge >= 0.3 is 0 Å². The van der Waals surface area contributed by atoms with Crippen molar-refractivity contribution in [3.05, 3.63) is 36.0 Å². The molecule has 0 saturated carbocycles. The molecule has 0 bridgehead atoms. The second kappa shape index (κ2) is 8.70. The molecule has 106 valence electrons. The van der Waals surface area contributed by atoms with Crippen LogP contribution >= 0.6 is 0 Å². The van der Waals surface area contributed by atoms with E-state index in [4.69, 9.17) is 4.98 Å². The third kappa shape index (κ3) is 5.03. The van der Waals surface area contributed by atoms with Crippen LogP contribution in [0.1, 0.15) is 38.4 Å². The number of rotatable bonds is 9. The fourth-order valence-corrected chi connectivity index (χ4v) is 2.07. The highest BCUT2D eigenvalue weighted by molar-refractivity contribution is 5.43. The third-order valence-electron chi connectivity index (χ3n) is 3.03. The maximum Gasteiger partial charge on any atom is 0.129 e. The molecule has 0 amide bonds. The molecule has 0 aliphatic heterocycles. The highest BCUT2D eigenvalue weighted by Gasteiger charge is 2.08. The highest BCUT2D eigenvalue weighted by Crippen LogP contribution is 2.16. The van der Waals surface area contributed by atoms with E-state index in [-0.39, 0.29) is 0 Å². The molecule has 0 aromatic carbocycles. The summed E-state index contributed by atoms with van der Waals surface area (Å²) in [6, 6.07) is 4.39. The Balaban J connectivity index is 2.98. The molecule has 0 saturated heterocycles. The van der Waals surface area contributed by atoms with Gasteiger partial charge in [-0.15, -0.1) is 6.58 Å². The molecule has 0 atom stereocenters. The number of hydrogen-bond donors (Lipinski definition) is 1. The maximum atomic E-state index is 4.75. The lowest BCUT2D eigenvalue weighted by atomic mass is 10.2.